The fraction of sp³-hybridized carbons (Fsp3) is 1.00. The lowest BCUT2D eigenvalue weighted by Crippen LogP contribution is -2.35. The topological polar surface area (TPSA) is 24.5 Å². The van der Waals surface area contributed by atoms with E-state index in [2.05, 4.69) is 35.8 Å². The zero-order chi connectivity index (χ0) is 13.0. The average molecular weight is 272 g/mol. The number of hydrogen-bond acceptors (Lipinski definition) is 4. The SMILES string of the molecule is CNCC1CCC(CN2CCSC(C)(C)CC2)O1. The maximum absolute atomic E-state index is 6.09. The summed E-state index contributed by atoms with van der Waals surface area (Å²) in [5, 5.41) is 3.21. The molecule has 106 valence electrons. The maximum atomic E-state index is 6.09. The molecule has 18 heavy (non-hydrogen) atoms. The standard InChI is InChI=1S/C14H28N2OS/c1-14(2)6-7-16(8-9-18-14)11-13-5-4-12(17-13)10-15-3/h12-13,15H,4-11H2,1-3H3. The van der Waals surface area contributed by atoms with Crippen LogP contribution >= 0.6 is 11.8 Å². The summed E-state index contributed by atoms with van der Waals surface area (Å²) in [5.74, 6) is 1.26. The summed E-state index contributed by atoms with van der Waals surface area (Å²) in [5.41, 5.74) is 0. The van der Waals surface area contributed by atoms with Gasteiger partial charge >= 0.3 is 0 Å². The van der Waals surface area contributed by atoms with Crippen LogP contribution in [0.3, 0.4) is 0 Å². The van der Waals surface area contributed by atoms with Crippen molar-refractivity contribution >= 4 is 11.8 Å². The molecule has 0 aliphatic carbocycles. The molecule has 2 rings (SSSR count). The van der Waals surface area contributed by atoms with Crippen molar-refractivity contribution in [1.82, 2.24) is 10.2 Å². The second kappa shape index (κ2) is 6.60. The second-order valence-electron chi connectivity index (χ2n) is 6.17. The molecule has 0 spiro atoms. The zero-order valence-corrected chi connectivity index (χ0v) is 12.9. The Labute approximate surface area is 116 Å². The number of hydrogen-bond donors (Lipinski definition) is 1. The Morgan fingerprint density at radius 1 is 1.28 bits per heavy atom. The van der Waals surface area contributed by atoms with E-state index in [-0.39, 0.29) is 0 Å². The molecule has 2 heterocycles. The molecule has 2 atom stereocenters. The molecular formula is C14H28N2OS. The fourth-order valence-corrected chi connectivity index (χ4v) is 3.96. The van der Waals surface area contributed by atoms with Gasteiger partial charge in [-0.25, -0.2) is 0 Å². The van der Waals surface area contributed by atoms with E-state index < -0.39 is 0 Å². The van der Waals surface area contributed by atoms with Crippen LogP contribution < -0.4 is 5.32 Å². The number of likely N-dealkylation sites (N-methyl/N-ethyl adjacent to an activating group) is 1. The first kappa shape index (κ1) is 14.6. The number of nitrogens with one attached hydrogen (secondary N) is 1. The van der Waals surface area contributed by atoms with Crippen molar-refractivity contribution in [3.63, 3.8) is 0 Å². The summed E-state index contributed by atoms with van der Waals surface area (Å²) in [4.78, 5) is 2.61. The van der Waals surface area contributed by atoms with Gasteiger partial charge in [-0.3, -0.25) is 4.90 Å². The van der Waals surface area contributed by atoms with Crippen LogP contribution in [0.25, 0.3) is 0 Å². The normalized spacial score (nSPS) is 33.5. The first-order valence-corrected chi connectivity index (χ1v) is 8.24. The lowest BCUT2D eigenvalue weighted by Gasteiger charge is -2.25. The quantitative estimate of drug-likeness (QED) is 0.846. The van der Waals surface area contributed by atoms with Gasteiger partial charge in [0, 0.05) is 30.1 Å². The molecule has 0 amide bonds. The Bertz CT molecular complexity index is 260. The summed E-state index contributed by atoms with van der Waals surface area (Å²) in [7, 11) is 2.00. The first-order chi connectivity index (χ1) is 8.59. The molecule has 0 aromatic rings. The van der Waals surface area contributed by atoms with Gasteiger partial charge in [-0.05, 0) is 32.9 Å². The minimum absolute atomic E-state index is 0.442. The molecule has 0 aromatic carbocycles. The number of rotatable bonds is 4. The molecule has 0 saturated carbocycles. The van der Waals surface area contributed by atoms with Crippen LogP contribution in [0.15, 0.2) is 0 Å². The molecule has 2 unspecified atom stereocenters. The maximum Gasteiger partial charge on any atom is 0.0707 e. The third kappa shape index (κ3) is 4.41. The predicted octanol–water partition coefficient (Wildman–Crippen LogP) is 1.97. The minimum Gasteiger partial charge on any atom is -0.372 e. The monoisotopic (exact) mass is 272 g/mol. The molecule has 2 saturated heterocycles. The highest BCUT2D eigenvalue weighted by Gasteiger charge is 2.29. The summed E-state index contributed by atoms with van der Waals surface area (Å²) in [6.45, 7) is 9.34. The Morgan fingerprint density at radius 3 is 2.83 bits per heavy atom. The molecule has 1 N–H and O–H groups in total. The highest BCUT2D eigenvalue weighted by Crippen LogP contribution is 2.31. The number of thioether (sulfide) groups is 1. The molecule has 0 aromatic heterocycles. The van der Waals surface area contributed by atoms with E-state index in [1.54, 1.807) is 0 Å². The average Bonchev–Trinajstić information content (AvgIpc) is 2.66. The largest absolute Gasteiger partial charge is 0.372 e. The number of ether oxygens (including phenoxy) is 1. The van der Waals surface area contributed by atoms with Gasteiger partial charge < -0.3 is 10.1 Å². The predicted molar refractivity (Wildman–Crippen MR) is 79.4 cm³/mol. The smallest absolute Gasteiger partial charge is 0.0707 e. The van der Waals surface area contributed by atoms with E-state index in [9.17, 15) is 0 Å². The van der Waals surface area contributed by atoms with Gasteiger partial charge in [0.1, 0.15) is 0 Å². The zero-order valence-electron chi connectivity index (χ0n) is 12.1. The Morgan fingerprint density at radius 2 is 2.06 bits per heavy atom. The van der Waals surface area contributed by atoms with Crippen molar-refractivity contribution in [2.24, 2.45) is 0 Å². The van der Waals surface area contributed by atoms with Crippen molar-refractivity contribution < 1.29 is 4.74 Å². The van der Waals surface area contributed by atoms with Crippen molar-refractivity contribution in [3.05, 3.63) is 0 Å². The Kier molecular flexibility index (Phi) is 5.36. The molecule has 0 radical (unpaired) electrons. The summed E-state index contributed by atoms with van der Waals surface area (Å²) >= 11 is 2.12. The summed E-state index contributed by atoms with van der Waals surface area (Å²) in [6, 6.07) is 0. The van der Waals surface area contributed by atoms with Gasteiger partial charge in [0.25, 0.3) is 0 Å². The second-order valence-corrected chi connectivity index (χ2v) is 7.98. The summed E-state index contributed by atoms with van der Waals surface area (Å²) < 4.78 is 6.54. The van der Waals surface area contributed by atoms with Gasteiger partial charge in [-0.1, -0.05) is 13.8 Å². The molecule has 2 fully saturated rings. The molecular weight excluding hydrogens is 244 g/mol. The third-order valence-electron chi connectivity index (χ3n) is 4.02. The van der Waals surface area contributed by atoms with Crippen LogP contribution in [0.5, 0.6) is 0 Å². The molecule has 0 bridgehead atoms. The van der Waals surface area contributed by atoms with E-state index in [1.807, 2.05) is 7.05 Å². The van der Waals surface area contributed by atoms with Crippen molar-refractivity contribution in [2.75, 3.05) is 39.0 Å². The molecule has 3 nitrogen and oxygen atoms in total. The minimum atomic E-state index is 0.442. The fourth-order valence-electron chi connectivity index (χ4n) is 2.83. The van der Waals surface area contributed by atoms with E-state index >= 15 is 0 Å². The van der Waals surface area contributed by atoms with Gasteiger partial charge in [-0.15, -0.1) is 0 Å². The van der Waals surface area contributed by atoms with E-state index in [1.165, 1.54) is 38.1 Å². The van der Waals surface area contributed by atoms with Crippen LogP contribution in [-0.4, -0.2) is 60.8 Å². The van der Waals surface area contributed by atoms with Crippen molar-refractivity contribution in [2.45, 2.75) is 50.1 Å². The number of nitrogens with zero attached hydrogens (tertiary/aromatic N) is 1. The highest BCUT2D eigenvalue weighted by molar-refractivity contribution is 8.00. The third-order valence-corrected chi connectivity index (χ3v) is 5.39. The van der Waals surface area contributed by atoms with Crippen LogP contribution in [0.2, 0.25) is 0 Å². The Balaban J connectivity index is 1.73. The molecule has 4 heteroatoms. The Hall–Kier alpha value is 0.230. The van der Waals surface area contributed by atoms with E-state index in [4.69, 9.17) is 4.74 Å². The highest BCUT2D eigenvalue weighted by atomic mass is 32.2. The van der Waals surface area contributed by atoms with Crippen LogP contribution in [0, 0.1) is 0 Å². The van der Waals surface area contributed by atoms with Gasteiger partial charge in [0.2, 0.25) is 0 Å². The van der Waals surface area contributed by atoms with Crippen molar-refractivity contribution in [3.8, 4) is 0 Å². The van der Waals surface area contributed by atoms with Crippen LogP contribution in [-0.2, 0) is 4.74 Å². The lowest BCUT2D eigenvalue weighted by molar-refractivity contribution is 0.0251. The van der Waals surface area contributed by atoms with Gasteiger partial charge in [-0.2, -0.15) is 11.8 Å². The molecule has 2 aliphatic rings. The van der Waals surface area contributed by atoms with E-state index in [0.717, 1.165) is 13.1 Å². The lowest BCUT2D eigenvalue weighted by atomic mass is 10.1. The first-order valence-electron chi connectivity index (χ1n) is 7.25. The van der Waals surface area contributed by atoms with Crippen molar-refractivity contribution in [1.29, 1.82) is 0 Å². The van der Waals surface area contributed by atoms with Crippen LogP contribution in [0.4, 0.5) is 0 Å². The van der Waals surface area contributed by atoms with E-state index in [0.29, 0.717) is 17.0 Å². The van der Waals surface area contributed by atoms with Gasteiger partial charge in [0.15, 0.2) is 0 Å². The summed E-state index contributed by atoms with van der Waals surface area (Å²) in [6.07, 6.45) is 4.66. The van der Waals surface area contributed by atoms with Gasteiger partial charge in [0.05, 0.1) is 12.2 Å². The van der Waals surface area contributed by atoms with Crippen LogP contribution in [0.1, 0.15) is 33.1 Å². The molecule has 2 aliphatic heterocycles.